The molecular weight excluding hydrogens is 302 g/mol. The van der Waals surface area contributed by atoms with Gasteiger partial charge < -0.3 is 10.2 Å². The highest BCUT2D eigenvalue weighted by molar-refractivity contribution is 5.94. The van der Waals surface area contributed by atoms with Crippen molar-refractivity contribution in [1.82, 2.24) is 19.9 Å². The smallest absolute Gasteiger partial charge is 0.255 e. The minimum Gasteiger partial charge on any atom is -0.367 e. The molecule has 0 bridgehead atoms. The van der Waals surface area contributed by atoms with Crippen LogP contribution in [-0.2, 0) is 12.8 Å². The van der Waals surface area contributed by atoms with Gasteiger partial charge in [-0.1, -0.05) is 0 Å². The number of carbonyl (C=O) groups is 1. The number of aromatic nitrogens is 3. The van der Waals surface area contributed by atoms with Gasteiger partial charge in [-0.05, 0) is 38.3 Å². The standard InChI is InChI=1S/C18H21N5O/c1-12-2-3-13(10-19-12)18(24)23-8-6-15-16(7-9-23)20-11-21-17(15)22-14-4-5-14/h2-3,10-11,14H,4-9H2,1H3,(H,20,21,22). The molecule has 0 unspecified atom stereocenters. The Morgan fingerprint density at radius 2 is 2.00 bits per heavy atom. The Morgan fingerprint density at radius 1 is 1.17 bits per heavy atom. The number of nitrogens with one attached hydrogen (secondary N) is 1. The van der Waals surface area contributed by atoms with Gasteiger partial charge in [0.05, 0.1) is 11.3 Å². The summed E-state index contributed by atoms with van der Waals surface area (Å²) in [6.45, 7) is 3.29. The van der Waals surface area contributed by atoms with Crippen molar-refractivity contribution in [3.05, 3.63) is 47.2 Å². The van der Waals surface area contributed by atoms with E-state index in [9.17, 15) is 4.79 Å². The summed E-state index contributed by atoms with van der Waals surface area (Å²) in [6.07, 6.45) is 7.27. The number of nitrogens with zero attached hydrogens (tertiary/aromatic N) is 4. The van der Waals surface area contributed by atoms with E-state index in [0.29, 0.717) is 24.7 Å². The monoisotopic (exact) mass is 323 g/mol. The van der Waals surface area contributed by atoms with Gasteiger partial charge in [-0.25, -0.2) is 9.97 Å². The number of anilines is 1. The van der Waals surface area contributed by atoms with Gasteiger partial charge in [0.2, 0.25) is 0 Å². The average molecular weight is 323 g/mol. The first kappa shape index (κ1) is 15.1. The molecule has 0 aromatic carbocycles. The van der Waals surface area contributed by atoms with E-state index < -0.39 is 0 Å². The van der Waals surface area contributed by atoms with Gasteiger partial charge in [0.1, 0.15) is 12.1 Å². The lowest BCUT2D eigenvalue weighted by Gasteiger charge is -2.20. The van der Waals surface area contributed by atoms with E-state index >= 15 is 0 Å². The van der Waals surface area contributed by atoms with Crippen molar-refractivity contribution in [3.8, 4) is 0 Å². The molecule has 1 aliphatic carbocycles. The summed E-state index contributed by atoms with van der Waals surface area (Å²) >= 11 is 0. The molecule has 1 aliphatic heterocycles. The topological polar surface area (TPSA) is 71.0 Å². The van der Waals surface area contributed by atoms with E-state index in [1.165, 1.54) is 18.4 Å². The first-order valence-electron chi connectivity index (χ1n) is 8.52. The lowest BCUT2D eigenvalue weighted by Crippen LogP contribution is -2.33. The number of hydrogen-bond acceptors (Lipinski definition) is 5. The quantitative estimate of drug-likeness (QED) is 0.935. The predicted molar refractivity (Wildman–Crippen MR) is 91.0 cm³/mol. The second-order valence-electron chi connectivity index (χ2n) is 6.55. The van der Waals surface area contributed by atoms with E-state index in [0.717, 1.165) is 30.0 Å². The third-order valence-corrected chi connectivity index (χ3v) is 4.65. The third-order valence-electron chi connectivity index (χ3n) is 4.65. The minimum atomic E-state index is 0.0416. The summed E-state index contributed by atoms with van der Waals surface area (Å²) in [5.41, 5.74) is 3.79. The van der Waals surface area contributed by atoms with Gasteiger partial charge in [0.25, 0.3) is 5.91 Å². The summed E-state index contributed by atoms with van der Waals surface area (Å²) in [7, 11) is 0. The fourth-order valence-corrected chi connectivity index (χ4v) is 3.05. The van der Waals surface area contributed by atoms with Gasteiger partial charge >= 0.3 is 0 Å². The molecule has 2 aromatic heterocycles. The van der Waals surface area contributed by atoms with Crippen LogP contribution in [0.1, 0.15) is 40.2 Å². The molecule has 1 amide bonds. The number of hydrogen-bond donors (Lipinski definition) is 1. The van der Waals surface area contributed by atoms with Crippen molar-refractivity contribution in [3.63, 3.8) is 0 Å². The number of amides is 1. The Labute approximate surface area is 141 Å². The molecule has 1 saturated carbocycles. The third kappa shape index (κ3) is 3.09. The summed E-state index contributed by atoms with van der Waals surface area (Å²) in [4.78, 5) is 27.7. The molecule has 1 N–H and O–H groups in total. The maximum Gasteiger partial charge on any atom is 0.255 e. The Morgan fingerprint density at radius 3 is 2.75 bits per heavy atom. The number of pyridine rings is 1. The van der Waals surface area contributed by atoms with Crippen molar-refractivity contribution in [2.24, 2.45) is 0 Å². The van der Waals surface area contributed by atoms with Crippen LogP contribution in [0, 0.1) is 6.92 Å². The maximum absolute atomic E-state index is 12.7. The van der Waals surface area contributed by atoms with Crippen molar-refractivity contribution in [1.29, 1.82) is 0 Å². The first-order chi connectivity index (χ1) is 11.7. The van der Waals surface area contributed by atoms with E-state index in [1.54, 1.807) is 12.5 Å². The zero-order valence-electron chi connectivity index (χ0n) is 13.8. The van der Waals surface area contributed by atoms with Crippen molar-refractivity contribution in [2.45, 2.75) is 38.6 Å². The lowest BCUT2D eigenvalue weighted by atomic mass is 10.1. The summed E-state index contributed by atoms with van der Waals surface area (Å²) in [5.74, 6) is 0.994. The Hall–Kier alpha value is -2.50. The van der Waals surface area contributed by atoms with Crippen LogP contribution in [0.25, 0.3) is 0 Å². The molecule has 2 aromatic rings. The molecule has 3 heterocycles. The minimum absolute atomic E-state index is 0.0416. The molecule has 0 saturated heterocycles. The maximum atomic E-state index is 12.7. The van der Waals surface area contributed by atoms with Crippen LogP contribution < -0.4 is 5.32 Å². The van der Waals surface area contributed by atoms with E-state index in [1.807, 2.05) is 24.0 Å². The molecular formula is C18H21N5O. The van der Waals surface area contributed by atoms with Crippen molar-refractivity contribution in [2.75, 3.05) is 18.4 Å². The van der Waals surface area contributed by atoms with Crippen LogP contribution in [0.5, 0.6) is 0 Å². The number of rotatable bonds is 3. The van der Waals surface area contributed by atoms with Crippen LogP contribution in [-0.4, -0.2) is 44.9 Å². The fraction of sp³-hybridized carbons (Fsp3) is 0.444. The Kier molecular flexibility index (Phi) is 3.88. The van der Waals surface area contributed by atoms with Crippen molar-refractivity contribution >= 4 is 11.7 Å². The summed E-state index contributed by atoms with van der Waals surface area (Å²) in [5, 5.41) is 3.49. The van der Waals surface area contributed by atoms with Crippen LogP contribution >= 0.6 is 0 Å². The van der Waals surface area contributed by atoms with E-state index in [4.69, 9.17) is 0 Å². The van der Waals surface area contributed by atoms with Gasteiger partial charge in [-0.3, -0.25) is 9.78 Å². The highest BCUT2D eigenvalue weighted by atomic mass is 16.2. The number of fused-ring (bicyclic) bond motifs is 1. The molecule has 4 rings (SSSR count). The van der Waals surface area contributed by atoms with Gasteiger partial charge in [0, 0.05) is 43.0 Å². The molecule has 0 atom stereocenters. The molecule has 0 spiro atoms. The van der Waals surface area contributed by atoms with Crippen LogP contribution in [0.15, 0.2) is 24.7 Å². The Bertz CT molecular complexity index is 755. The summed E-state index contributed by atoms with van der Waals surface area (Å²) in [6, 6.07) is 4.29. The lowest BCUT2D eigenvalue weighted by molar-refractivity contribution is 0.0762. The van der Waals surface area contributed by atoms with Crippen LogP contribution in [0.2, 0.25) is 0 Å². The molecule has 0 radical (unpaired) electrons. The predicted octanol–water partition coefficient (Wildman–Crippen LogP) is 2.00. The van der Waals surface area contributed by atoms with Gasteiger partial charge in [0.15, 0.2) is 0 Å². The second-order valence-corrected chi connectivity index (χ2v) is 6.55. The van der Waals surface area contributed by atoms with Crippen LogP contribution in [0.4, 0.5) is 5.82 Å². The molecule has 1 fully saturated rings. The second kappa shape index (κ2) is 6.19. The fourth-order valence-electron chi connectivity index (χ4n) is 3.05. The number of aryl methyl sites for hydroxylation is 1. The molecule has 124 valence electrons. The molecule has 6 nitrogen and oxygen atoms in total. The zero-order valence-corrected chi connectivity index (χ0v) is 13.8. The number of carbonyl (C=O) groups excluding carboxylic acids is 1. The van der Waals surface area contributed by atoms with E-state index in [2.05, 4.69) is 20.3 Å². The summed E-state index contributed by atoms with van der Waals surface area (Å²) < 4.78 is 0. The van der Waals surface area contributed by atoms with Gasteiger partial charge in [-0.2, -0.15) is 0 Å². The highest BCUT2D eigenvalue weighted by Gasteiger charge is 2.26. The molecule has 24 heavy (non-hydrogen) atoms. The normalized spacial score (nSPS) is 17.1. The van der Waals surface area contributed by atoms with Gasteiger partial charge in [-0.15, -0.1) is 0 Å². The van der Waals surface area contributed by atoms with Crippen molar-refractivity contribution < 1.29 is 4.79 Å². The first-order valence-corrected chi connectivity index (χ1v) is 8.52. The molecule has 6 heteroatoms. The largest absolute Gasteiger partial charge is 0.367 e. The van der Waals surface area contributed by atoms with Crippen LogP contribution in [0.3, 0.4) is 0 Å². The Balaban J connectivity index is 1.52. The SMILES string of the molecule is Cc1ccc(C(=O)N2CCc3ncnc(NC4CC4)c3CC2)cn1. The molecule has 2 aliphatic rings. The van der Waals surface area contributed by atoms with E-state index in [-0.39, 0.29) is 5.91 Å². The average Bonchev–Trinajstić information content (AvgIpc) is 3.41. The highest BCUT2D eigenvalue weighted by Crippen LogP contribution is 2.27. The zero-order chi connectivity index (χ0) is 16.5.